The van der Waals surface area contributed by atoms with Crippen LogP contribution in [0.3, 0.4) is 0 Å². The maximum Gasteiger partial charge on any atom is 0.251 e. The third-order valence-electron chi connectivity index (χ3n) is 2.99. The third-order valence-corrected chi connectivity index (χ3v) is 3.90. The van der Waals surface area contributed by atoms with E-state index in [1.54, 1.807) is 6.07 Å². The Morgan fingerprint density at radius 3 is 2.47 bits per heavy atom. The summed E-state index contributed by atoms with van der Waals surface area (Å²) in [5.41, 5.74) is 0.297. The first kappa shape index (κ1) is 15.7. The topological polar surface area (TPSA) is 89.3 Å². The average Bonchev–Trinajstić information content (AvgIpc) is 2.34. The number of hydrogen-bond acceptors (Lipinski definition) is 3. The number of sulfonamides is 1. The summed E-state index contributed by atoms with van der Waals surface area (Å²) in [6.07, 6.45) is 0.818. The first-order valence-corrected chi connectivity index (χ1v) is 7.74. The molecule has 0 spiro atoms. The molecular formula is C13H20N2O3S. The fourth-order valence-electron chi connectivity index (χ4n) is 1.81. The minimum atomic E-state index is -3.79. The Labute approximate surface area is 114 Å². The summed E-state index contributed by atoms with van der Waals surface area (Å²) in [5, 5.41) is 7.93. The number of rotatable bonds is 5. The summed E-state index contributed by atoms with van der Waals surface area (Å²) in [7, 11) is -3.79. The lowest BCUT2D eigenvalue weighted by molar-refractivity contribution is 0.0924. The van der Waals surface area contributed by atoms with Gasteiger partial charge in [-0.3, -0.25) is 4.79 Å². The lowest BCUT2D eigenvalue weighted by Crippen LogP contribution is -2.38. The van der Waals surface area contributed by atoms with Gasteiger partial charge in [0.25, 0.3) is 5.91 Å². The Kier molecular flexibility index (Phi) is 5.08. The summed E-state index contributed by atoms with van der Waals surface area (Å²) < 4.78 is 22.5. The van der Waals surface area contributed by atoms with Crippen LogP contribution < -0.4 is 10.5 Å². The number of hydrogen-bond donors (Lipinski definition) is 2. The molecule has 1 aromatic rings. The molecular weight excluding hydrogens is 264 g/mol. The van der Waals surface area contributed by atoms with Crippen LogP contribution in [0.2, 0.25) is 0 Å². The van der Waals surface area contributed by atoms with Crippen molar-refractivity contribution >= 4 is 15.9 Å². The van der Waals surface area contributed by atoms with E-state index in [0.29, 0.717) is 11.5 Å². The van der Waals surface area contributed by atoms with Crippen LogP contribution in [0.1, 0.15) is 37.6 Å². The van der Waals surface area contributed by atoms with Crippen LogP contribution >= 0.6 is 0 Å². The van der Waals surface area contributed by atoms with Crippen molar-refractivity contribution < 1.29 is 13.2 Å². The van der Waals surface area contributed by atoms with Crippen molar-refractivity contribution in [1.29, 1.82) is 0 Å². The van der Waals surface area contributed by atoms with E-state index in [-0.39, 0.29) is 16.8 Å². The predicted octanol–water partition coefficient (Wildman–Crippen LogP) is 1.50. The number of amides is 1. The average molecular weight is 284 g/mol. The van der Waals surface area contributed by atoms with Gasteiger partial charge in [0, 0.05) is 11.6 Å². The molecule has 0 fully saturated rings. The lowest BCUT2D eigenvalue weighted by atomic mass is 10.0. The Morgan fingerprint density at radius 2 is 2.00 bits per heavy atom. The summed E-state index contributed by atoms with van der Waals surface area (Å²) >= 11 is 0. The van der Waals surface area contributed by atoms with Gasteiger partial charge in [0.15, 0.2) is 0 Å². The van der Waals surface area contributed by atoms with Gasteiger partial charge in [0.1, 0.15) is 0 Å². The fourth-order valence-corrected chi connectivity index (χ4v) is 2.37. The second-order valence-electron chi connectivity index (χ2n) is 4.81. The molecule has 1 aromatic carbocycles. The van der Waals surface area contributed by atoms with Crippen LogP contribution in [0.5, 0.6) is 0 Å². The Balaban J connectivity index is 2.95. The van der Waals surface area contributed by atoms with Crippen molar-refractivity contribution in [3.63, 3.8) is 0 Å². The molecule has 0 aliphatic heterocycles. The van der Waals surface area contributed by atoms with Crippen LogP contribution in [0.4, 0.5) is 0 Å². The number of carbonyl (C=O) groups is 1. The van der Waals surface area contributed by atoms with E-state index in [1.165, 1.54) is 18.2 Å². The molecule has 6 heteroatoms. The molecule has 0 saturated carbocycles. The van der Waals surface area contributed by atoms with Crippen molar-refractivity contribution in [2.45, 2.75) is 38.1 Å². The van der Waals surface area contributed by atoms with Gasteiger partial charge in [-0.05, 0) is 30.5 Å². The summed E-state index contributed by atoms with van der Waals surface area (Å²) in [6, 6.07) is 5.79. The summed E-state index contributed by atoms with van der Waals surface area (Å²) in [6.45, 7) is 6.04. The Morgan fingerprint density at radius 1 is 1.37 bits per heavy atom. The minimum absolute atomic E-state index is 0.0576. The molecule has 0 bridgehead atoms. The normalized spacial score (nSPS) is 13.3. The number of nitrogens with two attached hydrogens (primary N) is 1. The van der Waals surface area contributed by atoms with Gasteiger partial charge in [-0.2, -0.15) is 0 Å². The standard InChI is InChI=1S/C13H20N2O3S/c1-4-12(9(2)3)15-13(16)10-6-5-7-11(8-10)19(14,17)18/h5-9,12H,4H2,1-3H3,(H,15,16)(H2,14,17,18). The highest BCUT2D eigenvalue weighted by Gasteiger charge is 2.16. The van der Waals surface area contributed by atoms with Gasteiger partial charge >= 0.3 is 0 Å². The molecule has 106 valence electrons. The van der Waals surface area contributed by atoms with E-state index >= 15 is 0 Å². The molecule has 0 heterocycles. The molecule has 0 aliphatic carbocycles. The maximum absolute atomic E-state index is 12.1. The summed E-state index contributed by atoms with van der Waals surface area (Å²) in [4.78, 5) is 12.0. The van der Waals surface area contributed by atoms with Crippen molar-refractivity contribution in [3.05, 3.63) is 29.8 Å². The van der Waals surface area contributed by atoms with Gasteiger partial charge in [-0.25, -0.2) is 13.6 Å². The zero-order valence-corrected chi connectivity index (χ0v) is 12.2. The van der Waals surface area contributed by atoms with E-state index in [4.69, 9.17) is 5.14 Å². The number of carbonyl (C=O) groups excluding carboxylic acids is 1. The van der Waals surface area contributed by atoms with Gasteiger partial charge in [-0.1, -0.05) is 26.8 Å². The van der Waals surface area contributed by atoms with Crippen molar-refractivity contribution in [3.8, 4) is 0 Å². The SMILES string of the molecule is CCC(NC(=O)c1cccc(S(N)(=O)=O)c1)C(C)C. The van der Waals surface area contributed by atoms with E-state index in [0.717, 1.165) is 6.42 Å². The van der Waals surface area contributed by atoms with Crippen LogP contribution in [-0.2, 0) is 10.0 Å². The van der Waals surface area contributed by atoms with Crippen molar-refractivity contribution in [2.24, 2.45) is 11.1 Å². The van der Waals surface area contributed by atoms with Gasteiger partial charge in [0.2, 0.25) is 10.0 Å². The van der Waals surface area contributed by atoms with E-state index in [2.05, 4.69) is 5.32 Å². The fraction of sp³-hybridized carbons (Fsp3) is 0.462. The quantitative estimate of drug-likeness (QED) is 0.858. The monoisotopic (exact) mass is 284 g/mol. The number of primary sulfonamides is 1. The van der Waals surface area contributed by atoms with Crippen LogP contribution in [0.25, 0.3) is 0 Å². The van der Waals surface area contributed by atoms with Crippen LogP contribution in [0, 0.1) is 5.92 Å². The highest BCUT2D eigenvalue weighted by molar-refractivity contribution is 7.89. The van der Waals surface area contributed by atoms with E-state index in [1.807, 2.05) is 20.8 Å². The maximum atomic E-state index is 12.1. The van der Waals surface area contributed by atoms with Crippen molar-refractivity contribution in [1.82, 2.24) is 5.32 Å². The highest BCUT2D eigenvalue weighted by Crippen LogP contribution is 2.11. The molecule has 0 aliphatic rings. The van der Waals surface area contributed by atoms with Crippen molar-refractivity contribution in [2.75, 3.05) is 0 Å². The highest BCUT2D eigenvalue weighted by atomic mass is 32.2. The van der Waals surface area contributed by atoms with Gasteiger partial charge < -0.3 is 5.32 Å². The van der Waals surface area contributed by atoms with Gasteiger partial charge in [-0.15, -0.1) is 0 Å². The molecule has 0 radical (unpaired) electrons. The van der Waals surface area contributed by atoms with Crippen LogP contribution in [0.15, 0.2) is 29.2 Å². The number of nitrogens with one attached hydrogen (secondary N) is 1. The molecule has 1 atom stereocenters. The molecule has 19 heavy (non-hydrogen) atoms. The molecule has 0 saturated heterocycles. The first-order chi connectivity index (χ1) is 8.75. The third kappa shape index (κ3) is 4.33. The molecule has 1 unspecified atom stereocenters. The molecule has 1 amide bonds. The lowest BCUT2D eigenvalue weighted by Gasteiger charge is -2.20. The first-order valence-electron chi connectivity index (χ1n) is 6.19. The smallest absolute Gasteiger partial charge is 0.251 e. The predicted molar refractivity (Wildman–Crippen MR) is 74.2 cm³/mol. The largest absolute Gasteiger partial charge is 0.349 e. The second-order valence-corrected chi connectivity index (χ2v) is 6.37. The second kappa shape index (κ2) is 6.16. The molecule has 3 N–H and O–H groups in total. The Hall–Kier alpha value is -1.40. The molecule has 5 nitrogen and oxygen atoms in total. The number of benzene rings is 1. The molecule has 0 aromatic heterocycles. The van der Waals surface area contributed by atoms with E-state index < -0.39 is 10.0 Å². The zero-order valence-electron chi connectivity index (χ0n) is 11.4. The Bertz CT molecular complexity index is 553. The van der Waals surface area contributed by atoms with Gasteiger partial charge in [0.05, 0.1) is 4.90 Å². The van der Waals surface area contributed by atoms with E-state index in [9.17, 15) is 13.2 Å². The zero-order chi connectivity index (χ0) is 14.6. The van der Waals surface area contributed by atoms with Crippen LogP contribution in [-0.4, -0.2) is 20.4 Å². The molecule has 1 rings (SSSR count). The minimum Gasteiger partial charge on any atom is -0.349 e. The summed E-state index contributed by atoms with van der Waals surface area (Å²) in [5.74, 6) is 0.0291.